The Bertz CT molecular complexity index is 403. The molecule has 1 heterocycles. The summed E-state index contributed by atoms with van der Waals surface area (Å²) < 4.78 is 0. The van der Waals surface area contributed by atoms with Crippen molar-refractivity contribution in [2.45, 2.75) is 38.6 Å². The molecule has 1 saturated carbocycles. The largest absolute Gasteiger partial charge is 0.393 e. The standard InChI is InChI=1S/C12H18N4S/c1-2-9-7-12(15-8-14-9)16(10-3-4-10)6-5-11(13)17/h7-8,10H,2-6H2,1H3,(H2,13,17). The summed E-state index contributed by atoms with van der Waals surface area (Å²) in [5.74, 6) is 1.01. The van der Waals surface area contributed by atoms with Crippen LogP contribution in [0.3, 0.4) is 0 Å². The zero-order chi connectivity index (χ0) is 12.3. The SMILES string of the molecule is CCc1cc(N(CCC(N)=S)C2CC2)ncn1. The number of rotatable bonds is 6. The predicted molar refractivity (Wildman–Crippen MR) is 73.2 cm³/mol. The molecule has 17 heavy (non-hydrogen) atoms. The lowest BCUT2D eigenvalue weighted by Crippen LogP contribution is -2.30. The Morgan fingerprint density at radius 3 is 2.88 bits per heavy atom. The number of nitrogens with two attached hydrogens (primary N) is 1. The summed E-state index contributed by atoms with van der Waals surface area (Å²) in [6.45, 7) is 2.96. The molecule has 0 radical (unpaired) electrons. The van der Waals surface area contributed by atoms with Crippen molar-refractivity contribution in [2.24, 2.45) is 5.73 Å². The van der Waals surface area contributed by atoms with Crippen LogP contribution in [-0.4, -0.2) is 27.5 Å². The molecule has 0 aromatic carbocycles. The highest BCUT2D eigenvalue weighted by atomic mass is 32.1. The van der Waals surface area contributed by atoms with E-state index >= 15 is 0 Å². The van der Waals surface area contributed by atoms with Crippen molar-refractivity contribution in [1.82, 2.24) is 9.97 Å². The molecule has 1 fully saturated rings. The molecule has 0 amide bonds. The molecule has 4 nitrogen and oxygen atoms in total. The second-order valence-corrected chi connectivity index (χ2v) is 4.89. The predicted octanol–water partition coefficient (Wildman–Crippen LogP) is 1.68. The highest BCUT2D eigenvalue weighted by Crippen LogP contribution is 2.30. The average molecular weight is 250 g/mol. The maximum absolute atomic E-state index is 5.57. The van der Waals surface area contributed by atoms with Gasteiger partial charge in [0.2, 0.25) is 0 Å². The maximum Gasteiger partial charge on any atom is 0.132 e. The third-order valence-corrected chi connectivity index (χ3v) is 3.16. The van der Waals surface area contributed by atoms with Crippen LogP contribution in [0.1, 0.15) is 31.9 Å². The van der Waals surface area contributed by atoms with E-state index in [2.05, 4.69) is 27.9 Å². The Morgan fingerprint density at radius 1 is 1.53 bits per heavy atom. The smallest absolute Gasteiger partial charge is 0.132 e. The number of aryl methyl sites for hydroxylation is 1. The van der Waals surface area contributed by atoms with Gasteiger partial charge in [-0.15, -0.1) is 0 Å². The summed E-state index contributed by atoms with van der Waals surface area (Å²) in [5, 5.41) is 0. The van der Waals surface area contributed by atoms with Crippen molar-refractivity contribution in [3.63, 3.8) is 0 Å². The number of aromatic nitrogens is 2. The number of nitrogens with zero attached hydrogens (tertiary/aromatic N) is 3. The first-order valence-electron chi connectivity index (χ1n) is 6.06. The monoisotopic (exact) mass is 250 g/mol. The van der Waals surface area contributed by atoms with Gasteiger partial charge in [0.1, 0.15) is 12.1 Å². The van der Waals surface area contributed by atoms with E-state index in [-0.39, 0.29) is 0 Å². The van der Waals surface area contributed by atoms with Crippen LogP contribution in [0, 0.1) is 0 Å². The van der Waals surface area contributed by atoms with Gasteiger partial charge in [-0.1, -0.05) is 19.1 Å². The molecule has 1 aromatic heterocycles. The summed E-state index contributed by atoms with van der Waals surface area (Å²) in [5.41, 5.74) is 6.65. The fourth-order valence-corrected chi connectivity index (χ4v) is 1.93. The van der Waals surface area contributed by atoms with E-state index in [4.69, 9.17) is 18.0 Å². The number of hydrogen-bond donors (Lipinski definition) is 1. The van der Waals surface area contributed by atoms with Crippen LogP contribution in [0.25, 0.3) is 0 Å². The van der Waals surface area contributed by atoms with Crippen LogP contribution in [0.2, 0.25) is 0 Å². The first-order chi connectivity index (χ1) is 8.20. The first kappa shape index (κ1) is 12.2. The molecule has 2 rings (SSSR count). The molecule has 0 aliphatic heterocycles. The van der Waals surface area contributed by atoms with E-state index in [0.717, 1.165) is 30.9 Å². The van der Waals surface area contributed by atoms with E-state index < -0.39 is 0 Å². The van der Waals surface area contributed by atoms with E-state index in [1.165, 1.54) is 12.8 Å². The molecule has 0 saturated heterocycles. The minimum absolute atomic E-state index is 0.570. The van der Waals surface area contributed by atoms with Gasteiger partial charge in [0.25, 0.3) is 0 Å². The third-order valence-electron chi connectivity index (χ3n) is 2.95. The van der Waals surface area contributed by atoms with Gasteiger partial charge in [-0.3, -0.25) is 0 Å². The van der Waals surface area contributed by atoms with E-state index in [1.54, 1.807) is 6.33 Å². The molecule has 1 aliphatic carbocycles. The van der Waals surface area contributed by atoms with Crippen LogP contribution in [0.4, 0.5) is 5.82 Å². The minimum Gasteiger partial charge on any atom is -0.393 e. The fourth-order valence-electron chi connectivity index (χ4n) is 1.84. The van der Waals surface area contributed by atoms with Gasteiger partial charge in [-0.2, -0.15) is 0 Å². The van der Waals surface area contributed by atoms with E-state index in [9.17, 15) is 0 Å². The van der Waals surface area contributed by atoms with Crippen LogP contribution in [0.15, 0.2) is 12.4 Å². The van der Waals surface area contributed by atoms with E-state index in [0.29, 0.717) is 11.0 Å². The zero-order valence-corrected chi connectivity index (χ0v) is 10.9. The van der Waals surface area contributed by atoms with Crippen LogP contribution >= 0.6 is 12.2 Å². The van der Waals surface area contributed by atoms with Crippen LogP contribution < -0.4 is 10.6 Å². The van der Waals surface area contributed by atoms with Crippen molar-refractivity contribution >= 4 is 23.0 Å². The first-order valence-corrected chi connectivity index (χ1v) is 6.47. The van der Waals surface area contributed by atoms with Gasteiger partial charge in [0, 0.05) is 30.8 Å². The van der Waals surface area contributed by atoms with Crippen LogP contribution in [-0.2, 0) is 6.42 Å². The van der Waals surface area contributed by atoms with Crippen molar-refractivity contribution in [3.05, 3.63) is 18.1 Å². The second-order valence-electron chi connectivity index (χ2n) is 4.36. The Hall–Kier alpha value is -1.23. The molecule has 0 spiro atoms. The Morgan fingerprint density at radius 2 is 2.29 bits per heavy atom. The molecule has 0 bridgehead atoms. The summed E-state index contributed by atoms with van der Waals surface area (Å²) in [6, 6.07) is 2.68. The molecule has 0 unspecified atom stereocenters. The Labute approximate surface area is 107 Å². The number of anilines is 1. The second kappa shape index (κ2) is 5.40. The quantitative estimate of drug-likeness (QED) is 0.779. The normalized spacial score (nSPS) is 14.6. The lowest BCUT2D eigenvalue weighted by Gasteiger charge is -2.23. The maximum atomic E-state index is 5.57. The minimum atomic E-state index is 0.570. The van der Waals surface area contributed by atoms with Crippen molar-refractivity contribution in [1.29, 1.82) is 0 Å². The summed E-state index contributed by atoms with van der Waals surface area (Å²) >= 11 is 4.94. The Balaban J connectivity index is 2.10. The average Bonchev–Trinajstić information content (AvgIpc) is 3.14. The summed E-state index contributed by atoms with van der Waals surface area (Å²) in [7, 11) is 0. The lowest BCUT2D eigenvalue weighted by molar-refractivity contribution is 0.779. The van der Waals surface area contributed by atoms with Crippen molar-refractivity contribution < 1.29 is 0 Å². The van der Waals surface area contributed by atoms with Gasteiger partial charge in [0.05, 0.1) is 4.99 Å². The van der Waals surface area contributed by atoms with Gasteiger partial charge < -0.3 is 10.6 Å². The third kappa shape index (κ3) is 3.36. The van der Waals surface area contributed by atoms with Crippen LogP contribution in [0.5, 0.6) is 0 Å². The summed E-state index contributed by atoms with van der Waals surface area (Å²) in [4.78, 5) is 11.5. The zero-order valence-electron chi connectivity index (χ0n) is 10.1. The number of thiocarbonyl (C=S) groups is 1. The Kier molecular flexibility index (Phi) is 3.89. The molecule has 5 heteroatoms. The fraction of sp³-hybridized carbons (Fsp3) is 0.583. The van der Waals surface area contributed by atoms with Gasteiger partial charge >= 0.3 is 0 Å². The molecule has 1 aromatic rings. The van der Waals surface area contributed by atoms with Crippen molar-refractivity contribution in [3.8, 4) is 0 Å². The molecular weight excluding hydrogens is 232 g/mol. The highest BCUT2D eigenvalue weighted by Gasteiger charge is 2.29. The van der Waals surface area contributed by atoms with E-state index in [1.807, 2.05) is 0 Å². The van der Waals surface area contributed by atoms with Gasteiger partial charge in [-0.05, 0) is 19.3 Å². The van der Waals surface area contributed by atoms with Gasteiger partial charge in [0.15, 0.2) is 0 Å². The number of hydrogen-bond acceptors (Lipinski definition) is 4. The topological polar surface area (TPSA) is 55.0 Å². The molecule has 0 atom stereocenters. The van der Waals surface area contributed by atoms with Crippen molar-refractivity contribution in [2.75, 3.05) is 11.4 Å². The molecule has 2 N–H and O–H groups in total. The highest BCUT2D eigenvalue weighted by molar-refractivity contribution is 7.80. The van der Waals surface area contributed by atoms with Gasteiger partial charge in [-0.25, -0.2) is 9.97 Å². The summed E-state index contributed by atoms with van der Waals surface area (Å²) in [6.07, 6.45) is 5.80. The molecule has 1 aliphatic rings. The molecular formula is C12H18N4S. The lowest BCUT2D eigenvalue weighted by atomic mass is 10.3. The molecule has 92 valence electrons.